The second kappa shape index (κ2) is 8.33. The van der Waals surface area contributed by atoms with Crippen LogP contribution in [0.25, 0.3) is 11.3 Å². The number of carbonyl (C=O) groups excluding carboxylic acids is 1. The van der Waals surface area contributed by atoms with Crippen LogP contribution in [-0.4, -0.2) is 44.1 Å². The van der Waals surface area contributed by atoms with Gasteiger partial charge in [0.2, 0.25) is 0 Å². The molecular weight excluding hydrogens is 472 g/mol. The van der Waals surface area contributed by atoms with E-state index in [-0.39, 0.29) is 24.1 Å². The molecular formula is C26H21F2N3O5. The predicted octanol–water partition coefficient (Wildman–Crippen LogP) is 4.72. The zero-order valence-corrected chi connectivity index (χ0v) is 19.2. The number of carbonyl (C=O) groups is 1. The molecule has 0 atom stereocenters. The first-order valence-electron chi connectivity index (χ1n) is 11.3. The number of hydrogen-bond donors (Lipinski definition) is 1. The third kappa shape index (κ3) is 3.90. The fourth-order valence-electron chi connectivity index (χ4n) is 4.35. The van der Waals surface area contributed by atoms with Crippen molar-refractivity contribution in [3.8, 4) is 23.0 Å². The van der Waals surface area contributed by atoms with E-state index in [2.05, 4.69) is 14.9 Å². The topological polar surface area (TPSA) is 72.5 Å². The van der Waals surface area contributed by atoms with Gasteiger partial charge < -0.3 is 18.9 Å². The highest BCUT2D eigenvalue weighted by atomic mass is 19.3. The zero-order valence-electron chi connectivity index (χ0n) is 19.2. The highest BCUT2D eigenvalue weighted by Gasteiger charge is 2.43. The van der Waals surface area contributed by atoms with Gasteiger partial charge in [0, 0.05) is 29.9 Å². The van der Waals surface area contributed by atoms with Gasteiger partial charge in [-0.1, -0.05) is 30.3 Å². The Bertz CT molecular complexity index is 1380. The van der Waals surface area contributed by atoms with E-state index in [1.165, 1.54) is 28.1 Å². The lowest BCUT2D eigenvalue weighted by Crippen LogP contribution is -2.45. The summed E-state index contributed by atoms with van der Waals surface area (Å²) in [6.45, 7) is 1.24. The van der Waals surface area contributed by atoms with E-state index in [1.54, 1.807) is 7.05 Å². The molecule has 36 heavy (non-hydrogen) atoms. The number of hydrogen-bond acceptors (Lipinski definition) is 6. The zero-order chi connectivity index (χ0) is 24.9. The number of ether oxygens (including phenoxy) is 4. The Morgan fingerprint density at radius 1 is 0.889 bits per heavy atom. The van der Waals surface area contributed by atoms with Gasteiger partial charge in [-0.05, 0) is 35.9 Å². The van der Waals surface area contributed by atoms with Crippen LogP contribution >= 0.6 is 0 Å². The Morgan fingerprint density at radius 2 is 1.61 bits per heavy atom. The predicted molar refractivity (Wildman–Crippen MR) is 127 cm³/mol. The molecule has 0 bridgehead atoms. The maximum absolute atomic E-state index is 13.5. The van der Waals surface area contributed by atoms with Crippen molar-refractivity contribution in [2.75, 3.05) is 31.7 Å². The molecule has 1 N–H and O–H groups in total. The van der Waals surface area contributed by atoms with Gasteiger partial charge in [0.15, 0.2) is 23.0 Å². The second-order valence-electron chi connectivity index (χ2n) is 8.42. The summed E-state index contributed by atoms with van der Waals surface area (Å²) < 4.78 is 47.2. The maximum atomic E-state index is 13.5. The average Bonchev–Trinajstić information content (AvgIpc) is 3.47. The summed E-state index contributed by atoms with van der Waals surface area (Å²) >= 11 is 0. The summed E-state index contributed by atoms with van der Waals surface area (Å²) in [5.74, 6) is 1.09. The largest absolute Gasteiger partial charge is 0.586 e. The first-order valence-corrected chi connectivity index (χ1v) is 11.3. The third-order valence-corrected chi connectivity index (χ3v) is 6.11. The fourth-order valence-corrected chi connectivity index (χ4v) is 4.35. The van der Waals surface area contributed by atoms with Crippen molar-refractivity contribution in [1.29, 1.82) is 0 Å². The van der Waals surface area contributed by atoms with Crippen LogP contribution < -0.4 is 29.3 Å². The van der Waals surface area contributed by atoms with Crippen LogP contribution in [0.15, 0.2) is 66.7 Å². The van der Waals surface area contributed by atoms with Gasteiger partial charge in [0.1, 0.15) is 13.2 Å². The third-order valence-electron chi connectivity index (χ3n) is 6.11. The molecule has 184 valence electrons. The minimum absolute atomic E-state index is 0.0854. The molecule has 3 aromatic carbocycles. The molecule has 0 unspecified atom stereocenters. The monoisotopic (exact) mass is 493 g/mol. The number of fused-ring (bicyclic) bond motifs is 2. The molecule has 8 nitrogen and oxygen atoms in total. The molecule has 0 fully saturated rings. The van der Waals surface area contributed by atoms with Crippen molar-refractivity contribution in [3.63, 3.8) is 0 Å². The summed E-state index contributed by atoms with van der Waals surface area (Å²) in [6, 6.07) is 19.2. The van der Waals surface area contributed by atoms with Gasteiger partial charge in [0.05, 0.1) is 12.2 Å². The van der Waals surface area contributed by atoms with E-state index < -0.39 is 6.29 Å². The Labute approximate surface area is 205 Å². The molecule has 0 spiro atoms. The number of nitrogens with one attached hydrogen (secondary N) is 1. The summed E-state index contributed by atoms with van der Waals surface area (Å²) in [7, 11) is 1.56. The van der Waals surface area contributed by atoms with Crippen LogP contribution in [0.3, 0.4) is 0 Å². The molecule has 0 saturated heterocycles. The molecule has 2 amide bonds. The van der Waals surface area contributed by atoms with Crippen molar-refractivity contribution < 1.29 is 32.5 Å². The lowest BCUT2D eigenvalue weighted by molar-refractivity contribution is -0.286. The number of benzene rings is 3. The van der Waals surface area contributed by atoms with Crippen LogP contribution in [0.4, 0.5) is 19.3 Å². The normalized spacial score (nSPS) is 17.1. The van der Waals surface area contributed by atoms with Gasteiger partial charge in [-0.15, -0.1) is 8.78 Å². The van der Waals surface area contributed by atoms with E-state index in [9.17, 15) is 13.6 Å². The molecule has 0 saturated carbocycles. The smallest absolute Gasteiger partial charge is 0.486 e. The van der Waals surface area contributed by atoms with E-state index >= 15 is 0 Å². The molecule has 0 radical (unpaired) electrons. The molecule has 0 aromatic heterocycles. The number of hydrazine groups is 1. The van der Waals surface area contributed by atoms with Crippen LogP contribution in [-0.2, 0) is 0 Å². The lowest BCUT2D eigenvalue weighted by atomic mass is 10.0. The minimum Gasteiger partial charge on any atom is -0.486 e. The van der Waals surface area contributed by atoms with Gasteiger partial charge >= 0.3 is 12.3 Å². The van der Waals surface area contributed by atoms with Crippen LogP contribution in [0, 0.1) is 0 Å². The Balaban J connectivity index is 1.29. The van der Waals surface area contributed by atoms with Crippen molar-refractivity contribution in [2.45, 2.75) is 6.29 Å². The van der Waals surface area contributed by atoms with Gasteiger partial charge in [-0.25, -0.2) is 9.80 Å². The SMILES string of the molecule is CN(C(=O)N1CC(c2ccccc2)=C(c2ccc3c(c2)OCCO3)N1)c1ccc2c(c1)OC(F)(F)O2. The highest BCUT2D eigenvalue weighted by molar-refractivity contribution is 5.99. The molecule has 10 heteroatoms. The summed E-state index contributed by atoms with van der Waals surface area (Å²) in [6.07, 6.45) is -3.73. The van der Waals surface area contributed by atoms with E-state index in [4.69, 9.17) is 9.47 Å². The van der Waals surface area contributed by atoms with E-state index in [0.29, 0.717) is 30.4 Å². The number of amides is 2. The number of alkyl halides is 2. The highest BCUT2D eigenvalue weighted by Crippen LogP contribution is 2.43. The summed E-state index contributed by atoms with van der Waals surface area (Å²) in [5, 5.41) is 1.47. The summed E-state index contributed by atoms with van der Waals surface area (Å²) in [4.78, 5) is 14.8. The number of halogens is 2. The minimum atomic E-state index is -3.73. The molecule has 3 aromatic rings. The number of rotatable bonds is 3. The Kier molecular flexibility index (Phi) is 5.10. The van der Waals surface area contributed by atoms with Crippen LogP contribution in [0.5, 0.6) is 23.0 Å². The van der Waals surface area contributed by atoms with Gasteiger partial charge in [-0.2, -0.15) is 0 Å². The van der Waals surface area contributed by atoms with Crippen LogP contribution in [0.1, 0.15) is 11.1 Å². The number of urea groups is 1. The maximum Gasteiger partial charge on any atom is 0.586 e. The Morgan fingerprint density at radius 3 is 2.42 bits per heavy atom. The summed E-state index contributed by atoms with van der Waals surface area (Å²) in [5.41, 5.74) is 7.06. The number of anilines is 1. The van der Waals surface area contributed by atoms with E-state index in [0.717, 1.165) is 22.4 Å². The second-order valence-corrected chi connectivity index (χ2v) is 8.42. The first kappa shape index (κ1) is 22.0. The van der Waals surface area contributed by atoms with Crippen molar-refractivity contribution in [2.24, 2.45) is 0 Å². The Hall–Kier alpha value is -4.47. The fraction of sp³-hybridized carbons (Fsp3) is 0.192. The van der Waals surface area contributed by atoms with Gasteiger partial charge in [0.25, 0.3) is 0 Å². The van der Waals surface area contributed by atoms with E-state index in [1.807, 2.05) is 48.5 Å². The van der Waals surface area contributed by atoms with Crippen molar-refractivity contribution in [1.82, 2.24) is 10.4 Å². The molecule has 3 heterocycles. The van der Waals surface area contributed by atoms with Crippen molar-refractivity contribution >= 4 is 23.0 Å². The average molecular weight is 493 g/mol. The number of nitrogens with zero attached hydrogens (tertiary/aromatic N) is 2. The molecule has 6 rings (SSSR count). The molecule has 3 aliphatic rings. The van der Waals surface area contributed by atoms with Crippen molar-refractivity contribution in [3.05, 3.63) is 77.9 Å². The first-order chi connectivity index (χ1) is 17.4. The standard InChI is InChI=1S/C26H21F2N3O5/c1-30(18-8-10-21-23(14-18)36-26(27,28)35-21)25(32)31-15-19(16-5-3-2-4-6-16)24(29-31)17-7-9-20-22(13-17)34-12-11-33-20/h2-10,13-14,29H,11-12,15H2,1H3. The molecule has 3 aliphatic heterocycles. The van der Waals surface area contributed by atoms with Gasteiger partial charge in [-0.3, -0.25) is 10.3 Å². The lowest BCUT2D eigenvalue weighted by Gasteiger charge is -2.26. The molecule has 0 aliphatic carbocycles. The quantitative estimate of drug-likeness (QED) is 0.569. The van der Waals surface area contributed by atoms with Crippen LogP contribution in [0.2, 0.25) is 0 Å².